The molecule has 2 bridgehead atoms. The summed E-state index contributed by atoms with van der Waals surface area (Å²) in [6.45, 7) is 2.56. The smallest absolute Gasteiger partial charge is 0.416 e. The number of carbonyl (C=O) groups excluding carboxylic acids is 1. The maximum Gasteiger partial charge on any atom is 0.416 e. The molecule has 2 heterocycles. The van der Waals surface area contributed by atoms with Crippen molar-refractivity contribution >= 4 is 22.9 Å². The normalized spacial score (nSPS) is 23.3. The molecule has 3 aromatic rings. The minimum atomic E-state index is -4.39. The van der Waals surface area contributed by atoms with Gasteiger partial charge in [-0.3, -0.25) is 9.59 Å². The van der Waals surface area contributed by atoms with E-state index in [2.05, 4.69) is 10.3 Å². The summed E-state index contributed by atoms with van der Waals surface area (Å²) in [6, 6.07) is 6.79. The number of nitrogens with zero attached hydrogens (tertiary/aromatic N) is 2. The summed E-state index contributed by atoms with van der Waals surface area (Å²) >= 11 is 0. The predicted molar refractivity (Wildman–Crippen MR) is 123 cm³/mol. The number of hydrogen-bond donors (Lipinski definition) is 2. The van der Waals surface area contributed by atoms with Gasteiger partial charge in [-0.05, 0) is 73.3 Å². The van der Waals surface area contributed by atoms with Gasteiger partial charge in [-0.15, -0.1) is 0 Å². The third-order valence-corrected chi connectivity index (χ3v) is 7.56. The number of aromatic nitrogens is 2. The van der Waals surface area contributed by atoms with Crippen LogP contribution >= 0.6 is 0 Å². The average molecular weight is 486 g/mol. The summed E-state index contributed by atoms with van der Waals surface area (Å²) in [5.74, 6) is -0.741. The lowest BCUT2D eigenvalue weighted by atomic mass is 9.67. The molecule has 9 heteroatoms. The van der Waals surface area contributed by atoms with Gasteiger partial charge in [-0.2, -0.15) is 13.2 Å². The number of hydrogen-bond acceptors (Lipinski definition) is 3. The second-order valence-electron chi connectivity index (χ2n) is 9.89. The summed E-state index contributed by atoms with van der Waals surface area (Å²) in [6.07, 6.45) is 1.83. The predicted octanol–water partition coefficient (Wildman–Crippen LogP) is 5.04. The van der Waals surface area contributed by atoms with Crippen molar-refractivity contribution in [1.82, 2.24) is 14.9 Å². The Labute approximate surface area is 200 Å². The van der Waals surface area contributed by atoms with Crippen LogP contribution in [0, 0.1) is 11.3 Å². The molecule has 1 amide bonds. The monoisotopic (exact) mass is 485 g/mol. The van der Waals surface area contributed by atoms with Crippen LogP contribution in [0.5, 0.6) is 0 Å². The molecule has 2 aromatic heterocycles. The van der Waals surface area contributed by atoms with E-state index in [1.807, 2.05) is 11.5 Å². The first-order valence-corrected chi connectivity index (χ1v) is 11.7. The molecule has 0 saturated heterocycles. The molecule has 6 rings (SSSR count). The highest BCUT2D eigenvalue weighted by Crippen LogP contribution is 2.60. The lowest BCUT2D eigenvalue weighted by Gasteiger charge is -2.37. The van der Waals surface area contributed by atoms with Crippen LogP contribution in [0.15, 0.2) is 42.7 Å². The van der Waals surface area contributed by atoms with Crippen LogP contribution in [0.4, 0.5) is 13.2 Å². The lowest BCUT2D eigenvalue weighted by Crippen LogP contribution is -2.37. The average Bonchev–Trinajstić information content (AvgIpc) is 3.41. The number of benzene rings is 1. The fourth-order valence-corrected chi connectivity index (χ4v) is 5.96. The van der Waals surface area contributed by atoms with Crippen LogP contribution in [-0.4, -0.2) is 32.6 Å². The van der Waals surface area contributed by atoms with Crippen molar-refractivity contribution in [2.75, 3.05) is 0 Å². The number of carboxylic acids is 1. The Hall–Kier alpha value is -3.36. The van der Waals surface area contributed by atoms with Crippen molar-refractivity contribution in [1.29, 1.82) is 0 Å². The van der Waals surface area contributed by atoms with Crippen molar-refractivity contribution < 1.29 is 27.9 Å². The molecule has 1 unspecified atom stereocenters. The van der Waals surface area contributed by atoms with Crippen molar-refractivity contribution in [2.24, 2.45) is 11.3 Å². The Morgan fingerprint density at radius 3 is 2.51 bits per heavy atom. The molecule has 3 aliphatic rings. The van der Waals surface area contributed by atoms with E-state index >= 15 is 0 Å². The van der Waals surface area contributed by atoms with Gasteiger partial charge in [0.05, 0.1) is 17.5 Å². The number of carbonyl (C=O) groups is 2. The molecule has 3 aliphatic carbocycles. The number of halogens is 3. The number of pyridine rings is 1. The maximum atomic E-state index is 13.4. The number of alkyl halides is 3. The highest BCUT2D eigenvalue weighted by Gasteiger charge is 2.57. The van der Waals surface area contributed by atoms with Crippen LogP contribution in [0.1, 0.15) is 59.7 Å². The van der Waals surface area contributed by atoms with Crippen molar-refractivity contribution in [2.45, 2.75) is 57.8 Å². The first kappa shape index (κ1) is 23.4. The zero-order valence-electron chi connectivity index (χ0n) is 19.2. The van der Waals surface area contributed by atoms with Crippen LogP contribution < -0.4 is 5.32 Å². The largest absolute Gasteiger partial charge is 0.481 e. The number of aliphatic carboxylic acids is 1. The summed E-state index contributed by atoms with van der Waals surface area (Å²) in [5.41, 5.74) is 1.74. The van der Waals surface area contributed by atoms with Crippen LogP contribution in [0.2, 0.25) is 0 Å². The SMILES string of the molecule is CCn1cc(C(=O)NC2CC3(CC(=O)O)CC2C3)c2c(Cc3ccc(C(F)(F)F)cc3)ccnc21. The van der Waals surface area contributed by atoms with Gasteiger partial charge in [0, 0.05) is 30.4 Å². The minimum Gasteiger partial charge on any atom is -0.481 e. The molecule has 35 heavy (non-hydrogen) atoms. The summed E-state index contributed by atoms with van der Waals surface area (Å²) < 4.78 is 40.7. The lowest BCUT2D eigenvalue weighted by molar-refractivity contribution is -0.141. The second kappa shape index (κ2) is 8.39. The van der Waals surface area contributed by atoms with Gasteiger partial charge in [0.1, 0.15) is 5.65 Å². The van der Waals surface area contributed by atoms with Gasteiger partial charge in [0.25, 0.3) is 5.91 Å². The Bertz CT molecular complexity index is 1290. The third-order valence-electron chi connectivity index (χ3n) is 7.56. The van der Waals surface area contributed by atoms with E-state index in [9.17, 15) is 27.9 Å². The molecule has 0 spiro atoms. The van der Waals surface area contributed by atoms with E-state index in [1.54, 1.807) is 18.5 Å². The van der Waals surface area contributed by atoms with Gasteiger partial charge in [0.15, 0.2) is 0 Å². The fraction of sp³-hybridized carbons (Fsp3) is 0.423. The number of rotatable bonds is 7. The standard InChI is InChI=1S/C26H26F3N3O3/c1-2-32-14-19(24(35)31-20-12-25(13-21(33)34)10-17(20)11-25)22-16(7-8-30-23(22)32)9-15-3-5-18(6-4-15)26(27,28)29/h3-8,14,17,20H,2,9-13H2,1H3,(H,31,35)(H,33,34). The van der Waals surface area contributed by atoms with E-state index in [4.69, 9.17) is 0 Å². The minimum absolute atomic E-state index is 0.0584. The molecule has 0 aliphatic heterocycles. The first-order chi connectivity index (χ1) is 16.6. The summed E-state index contributed by atoms with van der Waals surface area (Å²) in [7, 11) is 0. The van der Waals surface area contributed by atoms with E-state index in [1.165, 1.54) is 12.1 Å². The molecular formula is C26H26F3N3O3. The molecule has 1 aromatic carbocycles. The van der Waals surface area contributed by atoms with Gasteiger partial charge in [-0.1, -0.05) is 12.1 Å². The zero-order chi connectivity index (χ0) is 25.0. The summed E-state index contributed by atoms with van der Waals surface area (Å²) in [4.78, 5) is 29.1. The van der Waals surface area contributed by atoms with Crippen molar-refractivity contribution in [3.8, 4) is 0 Å². The number of nitrogens with one attached hydrogen (secondary N) is 1. The molecule has 1 atom stereocenters. The highest BCUT2D eigenvalue weighted by molar-refractivity contribution is 6.07. The zero-order valence-corrected chi connectivity index (χ0v) is 19.2. The summed E-state index contributed by atoms with van der Waals surface area (Å²) in [5, 5.41) is 13.0. The number of amides is 1. The topological polar surface area (TPSA) is 84.2 Å². The highest BCUT2D eigenvalue weighted by atomic mass is 19.4. The van der Waals surface area contributed by atoms with Gasteiger partial charge < -0.3 is 15.0 Å². The van der Waals surface area contributed by atoms with Gasteiger partial charge in [-0.25, -0.2) is 4.98 Å². The number of carboxylic acid groups (broad SMARTS) is 1. The number of fused-ring (bicyclic) bond motifs is 2. The Morgan fingerprint density at radius 1 is 1.17 bits per heavy atom. The van der Waals surface area contributed by atoms with Crippen molar-refractivity contribution in [3.05, 3.63) is 65.0 Å². The molecule has 2 N–H and O–H groups in total. The Balaban J connectivity index is 1.42. The van der Waals surface area contributed by atoms with E-state index in [-0.39, 0.29) is 23.8 Å². The molecule has 3 saturated carbocycles. The Kier molecular flexibility index (Phi) is 5.61. The van der Waals surface area contributed by atoms with E-state index < -0.39 is 17.7 Å². The Morgan fingerprint density at radius 2 is 1.89 bits per heavy atom. The van der Waals surface area contributed by atoms with Crippen molar-refractivity contribution in [3.63, 3.8) is 0 Å². The molecule has 184 valence electrons. The maximum absolute atomic E-state index is 13.4. The molecule has 0 radical (unpaired) electrons. The van der Waals surface area contributed by atoms with E-state index in [0.717, 1.165) is 30.5 Å². The quantitative estimate of drug-likeness (QED) is 0.491. The molecular weight excluding hydrogens is 459 g/mol. The van der Waals surface area contributed by atoms with Crippen LogP contribution in [0.3, 0.4) is 0 Å². The van der Waals surface area contributed by atoms with Crippen LogP contribution in [-0.2, 0) is 23.9 Å². The molecule has 3 fully saturated rings. The third kappa shape index (κ3) is 4.28. The van der Waals surface area contributed by atoms with Gasteiger partial charge in [0.2, 0.25) is 0 Å². The number of aryl methyl sites for hydroxylation is 1. The fourth-order valence-electron chi connectivity index (χ4n) is 5.96. The van der Waals surface area contributed by atoms with E-state index in [0.29, 0.717) is 47.5 Å². The second-order valence-corrected chi connectivity index (χ2v) is 9.89. The van der Waals surface area contributed by atoms with Gasteiger partial charge >= 0.3 is 12.1 Å². The molecule has 6 nitrogen and oxygen atoms in total. The van der Waals surface area contributed by atoms with Crippen LogP contribution in [0.25, 0.3) is 11.0 Å². The first-order valence-electron chi connectivity index (χ1n) is 11.7.